The average Bonchev–Trinajstić information content (AvgIpc) is 3.79. The van der Waals surface area contributed by atoms with Gasteiger partial charge >= 0.3 is 12.1 Å². The molecule has 3 aliphatic rings. The number of alkyl carbamates (subject to hydrolysis) is 1. The van der Waals surface area contributed by atoms with Gasteiger partial charge in [0.1, 0.15) is 40.7 Å². The Morgan fingerprint density at radius 1 is 1.27 bits per heavy atom. The number of likely N-dealkylation sites (N-methyl/N-ethyl adjacent to an activating group) is 1. The number of carbonyl (C=O) groups excluding carboxylic acids is 4. The van der Waals surface area contributed by atoms with E-state index in [0.717, 1.165) is 11.1 Å². The summed E-state index contributed by atoms with van der Waals surface area (Å²) < 4.78 is 29.1. The second-order valence-corrected chi connectivity index (χ2v) is 15.0. The van der Waals surface area contributed by atoms with Crippen molar-refractivity contribution >= 4 is 52.9 Å². The van der Waals surface area contributed by atoms with E-state index in [4.69, 9.17) is 35.3 Å². The minimum absolute atomic E-state index is 0.0440. The second kappa shape index (κ2) is 16.6. The van der Waals surface area contributed by atoms with Crippen LogP contribution in [-0.4, -0.2) is 116 Å². The van der Waals surface area contributed by atoms with Crippen molar-refractivity contribution in [1.29, 1.82) is 0 Å². The van der Waals surface area contributed by atoms with Crippen LogP contribution in [0.2, 0.25) is 5.02 Å². The standard InChI is InChI=1S/C36H50ClN3O10S/c1-20-11-10-12-27(47-8)36(45)19-26(48-34(44)38-36)21(2)32-35(4,50-32)28(49-33(43)22(3)39(5)29(41)13-14-51-9)18-30(42)40(6)24-16-23(15-20)17-25(46-7)31(24)37/h10-12,16-17,21-22,26-28,32,45H,13-15,18-19H2,1-9H3,(H,38,44)/t21-,22?,26?,27-,28+,32?,35?,36+/m1/s1. The SMILES string of the molecule is COc1cc2cc(c1Cl)N(C)C(=O)C[C@H](OC(=O)C(C)N(C)C(=O)CCSC)C1(C)OC1[C@H](C)C1C[C@@](O)(NC(=O)O1)[C@H](OC)C=CC=C(C)C2. The summed E-state index contributed by atoms with van der Waals surface area (Å²) in [5.41, 5.74) is -0.877. The molecule has 3 aliphatic heterocycles. The number of fused-ring (bicyclic) bond motifs is 5. The van der Waals surface area contributed by atoms with Gasteiger partial charge in [-0.25, -0.2) is 9.59 Å². The Bertz CT molecular complexity index is 1560. The van der Waals surface area contributed by atoms with Crippen molar-refractivity contribution < 1.29 is 48.0 Å². The number of carbonyl (C=O) groups is 4. The summed E-state index contributed by atoms with van der Waals surface area (Å²) in [6.07, 6.45) is 3.16. The van der Waals surface area contributed by atoms with Gasteiger partial charge in [0.05, 0.1) is 25.3 Å². The Hall–Kier alpha value is -3.30. The predicted octanol–water partition coefficient (Wildman–Crippen LogP) is 4.27. The number of amides is 3. The Morgan fingerprint density at radius 3 is 2.63 bits per heavy atom. The number of hydrogen-bond donors (Lipinski definition) is 2. The van der Waals surface area contributed by atoms with Crippen molar-refractivity contribution in [1.82, 2.24) is 10.2 Å². The van der Waals surface area contributed by atoms with E-state index >= 15 is 0 Å². The number of ether oxygens (including phenoxy) is 5. The monoisotopic (exact) mass is 751 g/mol. The van der Waals surface area contributed by atoms with E-state index in [9.17, 15) is 24.3 Å². The van der Waals surface area contributed by atoms with Crippen molar-refractivity contribution in [3.05, 3.63) is 46.5 Å². The molecule has 282 valence electrons. The topological polar surface area (TPSA) is 156 Å². The highest BCUT2D eigenvalue weighted by Gasteiger charge is 2.64. The van der Waals surface area contributed by atoms with Gasteiger partial charge < -0.3 is 38.6 Å². The van der Waals surface area contributed by atoms with Crippen LogP contribution < -0.4 is 15.0 Å². The number of methoxy groups -OCH3 is 2. The number of halogens is 1. The van der Waals surface area contributed by atoms with E-state index in [1.54, 1.807) is 52.1 Å². The molecule has 0 saturated carbocycles. The number of thioether (sulfide) groups is 1. The van der Waals surface area contributed by atoms with Gasteiger partial charge in [0.25, 0.3) is 0 Å². The fourth-order valence-electron chi connectivity index (χ4n) is 6.58. The Morgan fingerprint density at radius 2 is 1.98 bits per heavy atom. The molecule has 3 amide bonds. The van der Waals surface area contributed by atoms with Crippen LogP contribution in [-0.2, 0) is 39.8 Å². The van der Waals surface area contributed by atoms with Crippen LogP contribution in [0.15, 0.2) is 35.9 Å². The van der Waals surface area contributed by atoms with Gasteiger partial charge in [-0.05, 0) is 51.1 Å². The quantitative estimate of drug-likeness (QED) is 0.289. The van der Waals surface area contributed by atoms with Gasteiger partial charge in [-0.2, -0.15) is 11.8 Å². The number of epoxide rings is 1. The van der Waals surface area contributed by atoms with E-state index in [1.165, 1.54) is 42.8 Å². The summed E-state index contributed by atoms with van der Waals surface area (Å²) in [6.45, 7) is 7.02. The molecule has 51 heavy (non-hydrogen) atoms. The lowest BCUT2D eigenvalue weighted by molar-refractivity contribution is -0.161. The molecule has 1 aromatic carbocycles. The summed E-state index contributed by atoms with van der Waals surface area (Å²) >= 11 is 8.27. The van der Waals surface area contributed by atoms with E-state index < -0.39 is 65.7 Å². The van der Waals surface area contributed by atoms with Crippen LogP contribution in [0.4, 0.5) is 10.5 Å². The van der Waals surface area contributed by atoms with E-state index in [1.807, 2.05) is 19.3 Å². The minimum atomic E-state index is -1.82. The number of rotatable bonds is 8. The van der Waals surface area contributed by atoms with Crippen LogP contribution in [0.5, 0.6) is 5.75 Å². The number of esters is 1. The highest BCUT2D eigenvalue weighted by Crippen LogP contribution is 2.49. The van der Waals surface area contributed by atoms with Crippen LogP contribution in [0.3, 0.4) is 0 Å². The number of nitrogens with one attached hydrogen (secondary N) is 1. The predicted molar refractivity (Wildman–Crippen MR) is 194 cm³/mol. The van der Waals surface area contributed by atoms with Crippen molar-refractivity contribution in [3.8, 4) is 5.75 Å². The molecule has 13 nitrogen and oxygen atoms in total. The molecule has 4 bridgehead atoms. The fraction of sp³-hybridized carbons (Fsp3) is 0.611. The first-order valence-corrected chi connectivity index (χ1v) is 18.6. The van der Waals surface area contributed by atoms with Crippen LogP contribution in [0.1, 0.15) is 52.5 Å². The summed E-state index contributed by atoms with van der Waals surface area (Å²) in [5, 5.41) is 14.4. The Labute approximate surface area is 308 Å². The first-order chi connectivity index (χ1) is 24.0. The van der Waals surface area contributed by atoms with Crippen LogP contribution >= 0.6 is 23.4 Å². The maximum absolute atomic E-state index is 14.1. The smallest absolute Gasteiger partial charge is 0.409 e. The van der Waals surface area contributed by atoms with E-state index in [0.29, 0.717) is 23.6 Å². The van der Waals surface area contributed by atoms with Crippen LogP contribution in [0.25, 0.3) is 0 Å². The molecule has 0 spiro atoms. The van der Waals surface area contributed by atoms with E-state index in [-0.39, 0.29) is 30.2 Å². The lowest BCUT2D eigenvalue weighted by Crippen LogP contribution is -2.63. The molecule has 15 heteroatoms. The Balaban J connectivity index is 1.76. The van der Waals surface area contributed by atoms with Crippen molar-refractivity contribution in [2.24, 2.45) is 5.92 Å². The molecule has 0 radical (unpaired) electrons. The molecule has 3 heterocycles. The summed E-state index contributed by atoms with van der Waals surface area (Å²) in [4.78, 5) is 56.0. The second-order valence-electron chi connectivity index (χ2n) is 13.6. The first-order valence-electron chi connectivity index (χ1n) is 16.8. The molecule has 0 aliphatic carbocycles. The third-order valence-corrected chi connectivity index (χ3v) is 11.0. The number of allylic oxidation sites excluding steroid dienone is 3. The number of hydrogen-bond acceptors (Lipinski definition) is 11. The summed E-state index contributed by atoms with van der Waals surface area (Å²) in [6, 6.07) is 2.64. The lowest BCUT2D eigenvalue weighted by atomic mass is 9.83. The highest BCUT2D eigenvalue weighted by molar-refractivity contribution is 7.98. The van der Waals surface area contributed by atoms with Crippen molar-refractivity contribution in [2.45, 2.75) is 95.2 Å². The number of nitrogens with zero attached hydrogens (tertiary/aromatic N) is 2. The zero-order valence-corrected chi connectivity index (χ0v) is 32.3. The fourth-order valence-corrected chi connectivity index (χ4v) is 7.28. The molecule has 2 saturated heterocycles. The third-order valence-electron chi connectivity index (χ3n) is 10.0. The molecule has 4 rings (SSSR count). The van der Waals surface area contributed by atoms with Crippen LogP contribution in [0, 0.1) is 5.92 Å². The molecular weight excluding hydrogens is 702 g/mol. The molecular formula is C36H50ClN3O10S. The molecule has 2 N–H and O–H groups in total. The molecule has 4 unspecified atom stereocenters. The largest absolute Gasteiger partial charge is 0.495 e. The van der Waals surface area contributed by atoms with Crippen molar-refractivity contribution in [2.75, 3.05) is 45.2 Å². The van der Waals surface area contributed by atoms with Gasteiger partial charge in [-0.3, -0.25) is 14.9 Å². The van der Waals surface area contributed by atoms with Crippen molar-refractivity contribution in [3.63, 3.8) is 0 Å². The highest BCUT2D eigenvalue weighted by atomic mass is 35.5. The molecule has 1 aromatic rings. The average molecular weight is 752 g/mol. The molecule has 0 aromatic heterocycles. The third kappa shape index (κ3) is 9.02. The van der Waals surface area contributed by atoms with Gasteiger partial charge in [0.15, 0.2) is 5.72 Å². The van der Waals surface area contributed by atoms with Gasteiger partial charge in [-0.1, -0.05) is 42.3 Å². The number of anilines is 1. The maximum atomic E-state index is 14.1. The zero-order chi connectivity index (χ0) is 37.8. The normalized spacial score (nSPS) is 30.3. The minimum Gasteiger partial charge on any atom is -0.495 e. The summed E-state index contributed by atoms with van der Waals surface area (Å²) in [5.74, 6) is -0.896. The number of benzene rings is 1. The maximum Gasteiger partial charge on any atom is 0.409 e. The van der Waals surface area contributed by atoms with Gasteiger partial charge in [0.2, 0.25) is 11.8 Å². The van der Waals surface area contributed by atoms with Gasteiger partial charge in [-0.15, -0.1) is 0 Å². The summed E-state index contributed by atoms with van der Waals surface area (Å²) in [7, 11) is 6.04. The number of aliphatic hydroxyl groups is 1. The molecule has 8 atom stereocenters. The van der Waals surface area contributed by atoms with Gasteiger partial charge in [0, 0.05) is 45.7 Å². The lowest BCUT2D eigenvalue weighted by Gasteiger charge is -2.42. The molecule has 2 fully saturated rings. The first kappa shape index (κ1) is 40.5. The van der Waals surface area contributed by atoms with E-state index in [2.05, 4.69) is 5.32 Å². The zero-order valence-electron chi connectivity index (χ0n) is 30.7. The Kier molecular flexibility index (Phi) is 13.2.